The average molecular weight is 507 g/mol. The Morgan fingerprint density at radius 2 is 1.82 bits per heavy atom. The average Bonchev–Trinajstić information content (AvgIpc) is 3.43. The third-order valence-electron chi connectivity index (χ3n) is 5.06. The van der Waals surface area contributed by atoms with Gasteiger partial charge in [0.05, 0.1) is 17.6 Å². The number of fused-ring (bicyclic) bond motifs is 3. The molecule has 5 nitrogen and oxygen atoms in total. The van der Waals surface area contributed by atoms with E-state index in [1.807, 2.05) is 23.6 Å². The SMILES string of the molecule is O=c1c2sccc2n2c(SCc3cccc(C(F)(F)F)c3)nnc2n1Cc1ccc(Cl)cc1. The predicted molar refractivity (Wildman–Crippen MR) is 124 cm³/mol. The zero-order valence-electron chi connectivity index (χ0n) is 16.7. The highest BCUT2D eigenvalue weighted by molar-refractivity contribution is 7.98. The summed E-state index contributed by atoms with van der Waals surface area (Å²) in [4.78, 5) is 13.1. The van der Waals surface area contributed by atoms with Crippen LogP contribution in [0.15, 0.2) is 69.9 Å². The van der Waals surface area contributed by atoms with Crippen molar-refractivity contribution < 1.29 is 13.2 Å². The van der Waals surface area contributed by atoms with Crippen LogP contribution in [0.2, 0.25) is 5.02 Å². The Balaban J connectivity index is 1.54. The molecule has 0 atom stereocenters. The van der Waals surface area contributed by atoms with Crippen molar-refractivity contribution in [1.29, 1.82) is 0 Å². The van der Waals surface area contributed by atoms with Gasteiger partial charge in [0.25, 0.3) is 5.56 Å². The van der Waals surface area contributed by atoms with Crippen molar-refractivity contribution in [2.45, 2.75) is 23.6 Å². The molecule has 33 heavy (non-hydrogen) atoms. The predicted octanol–water partition coefficient (Wildman–Crippen LogP) is 6.12. The Morgan fingerprint density at radius 3 is 2.58 bits per heavy atom. The van der Waals surface area contributed by atoms with Gasteiger partial charge in [-0.25, -0.2) is 0 Å². The molecule has 0 aliphatic rings. The fourth-order valence-electron chi connectivity index (χ4n) is 3.49. The summed E-state index contributed by atoms with van der Waals surface area (Å²) >= 11 is 8.56. The second-order valence-corrected chi connectivity index (χ2v) is 9.55. The van der Waals surface area contributed by atoms with Gasteiger partial charge in [-0.2, -0.15) is 13.2 Å². The van der Waals surface area contributed by atoms with Crippen LogP contribution in [0.25, 0.3) is 16.0 Å². The second kappa shape index (κ2) is 8.51. The van der Waals surface area contributed by atoms with Gasteiger partial charge in [0.2, 0.25) is 5.78 Å². The van der Waals surface area contributed by atoms with E-state index < -0.39 is 11.7 Å². The molecule has 0 spiro atoms. The molecule has 3 aromatic heterocycles. The highest BCUT2D eigenvalue weighted by Gasteiger charge is 2.30. The van der Waals surface area contributed by atoms with Crippen molar-refractivity contribution in [3.05, 3.63) is 92.0 Å². The lowest BCUT2D eigenvalue weighted by Crippen LogP contribution is -2.23. The molecule has 0 N–H and O–H groups in total. The fraction of sp³-hybridized carbons (Fsp3) is 0.136. The lowest BCUT2D eigenvalue weighted by molar-refractivity contribution is -0.137. The number of hydrogen-bond donors (Lipinski definition) is 0. The van der Waals surface area contributed by atoms with E-state index in [-0.39, 0.29) is 17.9 Å². The van der Waals surface area contributed by atoms with Crippen molar-refractivity contribution in [1.82, 2.24) is 19.2 Å². The fourth-order valence-corrected chi connectivity index (χ4v) is 5.33. The first kappa shape index (κ1) is 22.0. The van der Waals surface area contributed by atoms with E-state index >= 15 is 0 Å². The van der Waals surface area contributed by atoms with Crippen LogP contribution in [0.5, 0.6) is 0 Å². The molecule has 0 saturated carbocycles. The van der Waals surface area contributed by atoms with Gasteiger partial charge in [-0.3, -0.25) is 13.8 Å². The van der Waals surface area contributed by atoms with Gasteiger partial charge >= 0.3 is 6.18 Å². The minimum Gasteiger partial charge on any atom is -0.271 e. The van der Waals surface area contributed by atoms with Gasteiger partial charge in [0.1, 0.15) is 4.70 Å². The molecule has 5 rings (SSSR count). The Labute approximate surface area is 198 Å². The molecule has 0 bridgehead atoms. The Bertz CT molecular complexity index is 1520. The van der Waals surface area contributed by atoms with E-state index in [2.05, 4.69) is 10.2 Å². The summed E-state index contributed by atoms with van der Waals surface area (Å²) in [6.45, 7) is 0.282. The highest BCUT2D eigenvalue weighted by Crippen LogP contribution is 2.32. The highest BCUT2D eigenvalue weighted by atomic mass is 35.5. The zero-order chi connectivity index (χ0) is 23.2. The standard InChI is InChI=1S/C22H14ClF3N4OS2/c23-16-6-4-13(5-7-16)11-29-19(31)18-17(8-9-32-18)30-20(29)27-28-21(30)33-12-14-2-1-3-15(10-14)22(24,25)26/h1-10H,11-12H2. The van der Waals surface area contributed by atoms with E-state index in [0.717, 1.165) is 17.7 Å². The van der Waals surface area contributed by atoms with E-state index in [9.17, 15) is 18.0 Å². The van der Waals surface area contributed by atoms with Gasteiger partial charge in [-0.15, -0.1) is 21.5 Å². The Kier molecular flexibility index (Phi) is 5.67. The number of thioether (sulfide) groups is 1. The smallest absolute Gasteiger partial charge is 0.271 e. The third kappa shape index (κ3) is 4.25. The molecule has 0 fully saturated rings. The minimum absolute atomic E-state index is 0.177. The van der Waals surface area contributed by atoms with Gasteiger partial charge in [-0.05, 0) is 40.8 Å². The monoisotopic (exact) mass is 506 g/mol. The topological polar surface area (TPSA) is 52.2 Å². The zero-order valence-corrected chi connectivity index (χ0v) is 19.1. The number of thiophene rings is 1. The maximum atomic E-state index is 13.1. The first-order valence-electron chi connectivity index (χ1n) is 9.70. The Morgan fingerprint density at radius 1 is 1.03 bits per heavy atom. The number of alkyl halides is 3. The molecule has 5 aromatic rings. The summed E-state index contributed by atoms with van der Waals surface area (Å²) in [6.07, 6.45) is -4.40. The first-order valence-corrected chi connectivity index (χ1v) is 11.9. The number of rotatable bonds is 5. The van der Waals surface area contributed by atoms with E-state index in [0.29, 0.717) is 31.7 Å². The minimum atomic E-state index is -4.40. The van der Waals surface area contributed by atoms with Crippen LogP contribution in [-0.4, -0.2) is 19.2 Å². The summed E-state index contributed by atoms with van der Waals surface area (Å²) in [5.41, 5.74) is 1.19. The van der Waals surface area contributed by atoms with E-state index in [1.165, 1.54) is 29.2 Å². The molecule has 0 amide bonds. The van der Waals surface area contributed by atoms with Crippen LogP contribution in [-0.2, 0) is 18.5 Å². The van der Waals surface area contributed by atoms with Crippen LogP contribution >= 0.6 is 34.7 Å². The molecule has 0 aliphatic carbocycles. The van der Waals surface area contributed by atoms with E-state index in [4.69, 9.17) is 11.6 Å². The molecule has 168 valence electrons. The summed E-state index contributed by atoms with van der Waals surface area (Å²) in [5, 5.41) is 11.4. The van der Waals surface area contributed by atoms with Crippen molar-refractivity contribution in [3.8, 4) is 0 Å². The normalized spacial score (nSPS) is 12.1. The molecule has 0 saturated heterocycles. The van der Waals surface area contributed by atoms with Crippen molar-refractivity contribution in [2.24, 2.45) is 0 Å². The van der Waals surface area contributed by atoms with Gasteiger partial charge in [0.15, 0.2) is 5.16 Å². The number of halogens is 4. The van der Waals surface area contributed by atoms with Gasteiger partial charge in [0, 0.05) is 10.8 Å². The van der Waals surface area contributed by atoms with Crippen molar-refractivity contribution in [3.63, 3.8) is 0 Å². The van der Waals surface area contributed by atoms with Crippen LogP contribution in [0.1, 0.15) is 16.7 Å². The lowest BCUT2D eigenvalue weighted by Gasteiger charge is -2.10. The largest absolute Gasteiger partial charge is 0.416 e. The first-order chi connectivity index (χ1) is 15.8. The van der Waals surface area contributed by atoms with Crippen LogP contribution in [0.4, 0.5) is 13.2 Å². The Hall–Kier alpha value is -2.82. The summed E-state index contributed by atoms with van der Waals surface area (Å²) < 4.78 is 43.0. The molecule has 2 aromatic carbocycles. The quantitative estimate of drug-likeness (QED) is 0.269. The number of aromatic nitrogens is 4. The molecular formula is C22H14ClF3N4OS2. The maximum absolute atomic E-state index is 13.1. The molecule has 0 radical (unpaired) electrons. The summed E-state index contributed by atoms with van der Waals surface area (Å²) in [7, 11) is 0. The number of nitrogens with zero attached hydrogens (tertiary/aromatic N) is 4. The second-order valence-electron chi connectivity index (χ2n) is 7.26. The van der Waals surface area contributed by atoms with Gasteiger partial charge in [-0.1, -0.05) is 53.7 Å². The lowest BCUT2D eigenvalue weighted by atomic mass is 10.1. The summed E-state index contributed by atoms with van der Waals surface area (Å²) in [5.74, 6) is 0.638. The van der Waals surface area contributed by atoms with Crippen LogP contribution in [0.3, 0.4) is 0 Å². The summed E-state index contributed by atoms with van der Waals surface area (Å²) in [6, 6.07) is 14.2. The maximum Gasteiger partial charge on any atom is 0.416 e. The third-order valence-corrected chi connectivity index (χ3v) is 7.20. The number of benzene rings is 2. The van der Waals surface area contributed by atoms with Gasteiger partial charge < -0.3 is 0 Å². The van der Waals surface area contributed by atoms with Crippen LogP contribution in [0, 0.1) is 0 Å². The molecule has 0 unspecified atom stereocenters. The van der Waals surface area contributed by atoms with Crippen molar-refractivity contribution >= 4 is 50.7 Å². The molecule has 3 heterocycles. The molecular weight excluding hydrogens is 493 g/mol. The molecule has 0 aliphatic heterocycles. The van der Waals surface area contributed by atoms with Crippen molar-refractivity contribution in [2.75, 3.05) is 0 Å². The number of hydrogen-bond acceptors (Lipinski definition) is 5. The van der Waals surface area contributed by atoms with Crippen LogP contribution < -0.4 is 5.56 Å². The molecule has 11 heteroatoms. The van der Waals surface area contributed by atoms with E-state index in [1.54, 1.807) is 27.2 Å².